The smallest absolute Gasteiger partial charge is 0.306 e. The molecule has 1 aromatic rings. The summed E-state index contributed by atoms with van der Waals surface area (Å²) < 4.78 is 5.35. The topological polar surface area (TPSA) is 66.8 Å². The molecule has 0 saturated carbocycles. The van der Waals surface area contributed by atoms with E-state index in [4.69, 9.17) is 21.4 Å². The molecule has 1 aromatic carbocycles. The molecule has 0 aromatic heterocycles. The van der Waals surface area contributed by atoms with E-state index in [2.05, 4.69) is 0 Å². The molecule has 1 unspecified atom stereocenters. The standard InChI is InChI=1S/C14H16ClNO4/c1-9-2-3-10(6-12(9)15)14(19)16-4-5-20-11(8-16)7-13(17)18/h2-3,6,11H,4-5,7-8H2,1H3,(H,17,18). The molecular formula is C14H16ClNO4. The summed E-state index contributed by atoms with van der Waals surface area (Å²) in [5, 5.41) is 9.32. The molecule has 1 saturated heterocycles. The van der Waals surface area contributed by atoms with Gasteiger partial charge in [-0.15, -0.1) is 0 Å². The zero-order chi connectivity index (χ0) is 14.7. The number of carbonyl (C=O) groups excluding carboxylic acids is 1. The number of nitrogens with zero attached hydrogens (tertiary/aromatic N) is 1. The molecule has 5 nitrogen and oxygen atoms in total. The molecule has 1 N–H and O–H groups in total. The van der Waals surface area contributed by atoms with Gasteiger partial charge in [-0.05, 0) is 24.6 Å². The van der Waals surface area contributed by atoms with Crippen molar-refractivity contribution in [2.24, 2.45) is 0 Å². The molecule has 2 rings (SSSR count). The van der Waals surface area contributed by atoms with E-state index in [1.165, 1.54) is 0 Å². The molecule has 6 heteroatoms. The van der Waals surface area contributed by atoms with Crippen molar-refractivity contribution in [1.82, 2.24) is 4.90 Å². The SMILES string of the molecule is Cc1ccc(C(=O)N2CCOC(CC(=O)O)C2)cc1Cl. The van der Waals surface area contributed by atoms with Gasteiger partial charge in [-0.3, -0.25) is 9.59 Å². The minimum Gasteiger partial charge on any atom is -0.481 e. The Hall–Kier alpha value is -1.59. The molecule has 0 radical (unpaired) electrons. The van der Waals surface area contributed by atoms with Gasteiger partial charge < -0.3 is 14.7 Å². The van der Waals surface area contributed by atoms with Crippen LogP contribution in [0.25, 0.3) is 0 Å². The Balaban J connectivity index is 2.08. The second kappa shape index (κ2) is 6.24. The fourth-order valence-corrected chi connectivity index (χ4v) is 2.31. The van der Waals surface area contributed by atoms with Gasteiger partial charge in [0.2, 0.25) is 0 Å². The lowest BCUT2D eigenvalue weighted by Crippen LogP contribution is -2.46. The minimum atomic E-state index is -0.928. The maximum absolute atomic E-state index is 12.4. The molecule has 1 aliphatic heterocycles. The fourth-order valence-electron chi connectivity index (χ4n) is 2.13. The van der Waals surface area contributed by atoms with Gasteiger partial charge in [0.05, 0.1) is 19.1 Å². The largest absolute Gasteiger partial charge is 0.481 e. The molecule has 1 heterocycles. The molecule has 1 atom stereocenters. The molecule has 1 aliphatic rings. The molecule has 0 aliphatic carbocycles. The quantitative estimate of drug-likeness (QED) is 0.926. The Kier molecular flexibility index (Phi) is 4.62. The van der Waals surface area contributed by atoms with Crippen LogP contribution in [0, 0.1) is 6.92 Å². The van der Waals surface area contributed by atoms with E-state index in [0.29, 0.717) is 23.7 Å². The van der Waals surface area contributed by atoms with Crippen LogP contribution in [0.2, 0.25) is 5.02 Å². The second-order valence-corrected chi connectivity index (χ2v) is 5.21. The first kappa shape index (κ1) is 14.8. The predicted molar refractivity (Wildman–Crippen MR) is 74.1 cm³/mol. The highest BCUT2D eigenvalue weighted by molar-refractivity contribution is 6.31. The van der Waals surface area contributed by atoms with Crippen molar-refractivity contribution in [2.75, 3.05) is 19.7 Å². The molecule has 1 fully saturated rings. The van der Waals surface area contributed by atoms with E-state index in [-0.39, 0.29) is 18.9 Å². The maximum atomic E-state index is 12.4. The second-order valence-electron chi connectivity index (χ2n) is 4.81. The van der Waals surface area contributed by atoms with Gasteiger partial charge in [0, 0.05) is 23.7 Å². The highest BCUT2D eigenvalue weighted by Gasteiger charge is 2.26. The van der Waals surface area contributed by atoms with Gasteiger partial charge >= 0.3 is 5.97 Å². The normalized spacial score (nSPS) is 18.9. The summed E-state index contributed by atoms with van der Waals surface area (Å²) in [7, 11) is 0. The zero-order valence-corrected chi connectivity index (χ0v) is 11.9. The van der Waals surface area contributed by atoms with Gasteiger partial charge in [-0.25, -0.2) is 0 Å². The summed E-state index contributed by atoms with van der Waals surface area (Å²) in [6.45, 7) is 2.97. The van der Waals surface area contributed by atoms with Crippen molar-refractivity contribution in [3.63, 3.8) is 0 Å². The summed E-state index contributed by atoms with van der Waals surface area (Å²) >= 11 is 6.02. The average Bonchev–Trinajstić information content (AvgIpc) is 2.40. The summed E-state index contributed by atoms with van der Waals surface area (Å²) in [5.74, 6) is -1.08. The number of hydrogen-bond donors (Lipinski definition) is 1. The van der Waals surface area contributed by atoms with Crippen LogP contribution in [0.5, 0.6) is 0 Å². The van der Waals surface area contributed by atoms with E-state index < -0.39 is 12.1 Å². The van der Waals surface area contributed by atoms with Gasteiger partial charge in [0.15, 0.2) is 0 Å². The molecular weight excluding hydrogens is 282 g/mol. The summed E-state index contributed by atoms with van der Waals surface area (Å²) in [5.41, 5.74) is 1.42. The number of morpholine rings is 1. The van der Waals surface area contributed by atoms with E-state index in [1.807, 2.05) is 6.92 Å². The van der Waals surface area contributed by atoms with Crippen molar-refractivity contribution in [3.8, 4) is 0 Å². The number of halogens is 1. The molecule has 108 valence electrons. The number of carboxylic acid groups (broad SMARTS) is 1. The summed E-state index contributed by atoms with van der Waals surface area (Å²) in [6.07, 6.45) is -0.551. The number of benzene rings is 1. The first-order valence-corrected chi connectivity index (χ1v) is 6.74. The minimum absolute atomic E-state index is 0.0988. The van der Waals surface area contributed by atoms with Crippen LogP contribution in [0.3, 0.4) is 0 Å². The van der Waals surface area contributed by atoms with Crippen molar-refractivity contribution in [2.45, 2.75) is 19.4 Å². The Morgan fingerprint density at radius 1 is 1.50 bits per heavy atom. The number of ether oxygens (including phenoxy) is 1. The number of aryl methyl sites for hydroxylation is 1. The number of hydrogen-bond acceptors (Lipinski definition) is 3. The van der Waals surface area contributed by atoms with Crippen molar-refractivity contribution in [1.29, 1.82) is 0 Å². The van der Waals surface area contributed by atoms with Gasteiger partial charge in [0.1, 0.15) is 0 Å². The van der Waals surface area contributed by atoms with Crippen LogP contribution < -0.4 is 0 Å². The lowest BCUT2D eigenvalue weighted by Gasteiger charge is -2.32. The van der Waals surface area contributed by atoms with E-state index >= 15 is 0 Å². The Labute approximate surface area is 122 Å². The summed E-state index contributed by atoms with van der Waals surface area (Å²) in [6, 6.07) is 5.16. The first-order chi connectivity index (χ1) is 9.47. The third kappa shape index (κ3) is 3.49. The molecule has 0 bridgehead atoms. The number of rotatable bonds is 3. The number of amides is 1. The zero-order valence-electron chi connectivity index (χ0n) is 11.1. The molecule has 1 amide bonds. The van der Waals surface area contributed by atoms with Crippen LogP contribution in [-0.4, -0.2) is 47.7 Å². The number of carbonyl (C=O) groups is 2. The van der Waals surface area contributed by atoms with Crippen LogP contribution in [0.4, 0.5) is 0 Å². The molecule has 20 heavy (non-hydrogen) atoms. The van der Waals surface area contributed by atoms with E-state index in [1.54, 1.807) is 23.1 Å². The lowest BCUT2D eigenvalue weighted by atomic mass is 10.1. The van der Waals surface area contributed by atoms with Gasteiger partial charge in [0.25, 0.3) is 5.91 Å². The van der Waals surface area contributed by atoms with Crippen LogP contribution in [0.15, 0.2) is 18.2 Å². The monoisotopic (exact) mass is 297 g/mol. The van der Waals surface area contributed by atoms with Crippen LogP contribution in [-0.2, 0) is 9.53 Å². The highest BCUT2D eigenvalue weighted by atomic mass is 35.5. The number of carboxylic acids is 1. The number of aliphatic carboxylic acids is 1. The first-order valence-electron chi connectivity index (χ1n) is 6.36. The summed E-state index contributed by atoms with van der Waals surface area (Å²) in [4.78, 5) is 24.7. The Bertz CT molecular complexity index is 532. The highest BCUT2D eigenvalue weighted by Crippen LogP contribution is 2.19. The van der Waals surface area contributed by atoms with Gasteiger partial charge in [-0.1, -0.05) is 17.7 Å². The van der Waals surface area contributed by atoms with Crippen molar-refractivity contribution in [3.05, 3.63) is 34.3 Å². The third-order valence-corrected chi connectivity index (χ3v) is 3.65. The van der Waals surface area contributed by atoms with Crippen LogP contribution >= 0.6 is 11.6 Å². The van der Waals surface area contributed by atoms with E-state index in [9.17, 15) is 9.59 Å². The van der Waals surface area contributed by atoms with E-state index in [0.717, 1.165) is 5.56 Å². The lowest BCUT2D eigenvalue weighted by molar-refractivity contribution is -0.141. The third-order valence-electron chi connectivity index (χ3n) is 3.25. The average molecular weight is 298 g/mol. The van der Waals surface area contributed by atoms with Crippen LogP contribution in [0.1, 0.15) is 22.3 Å². The van der Waals surface area contributed by atoms with Crippen molar-refractivity contribution < 1.29 is 19.4 Å². The maximum Gasteiger partial charge on any atom is 0.306 e. The fraction of sp³-hybridized carbons (Fsp3) is 0.429. The van der Waals surface area contributed by atoms with Gasteiger partial charge in [-0.2, -0.15) is 0 Å². The Morgan fingerprint density at radius 3 is 2.90 bits per heavy atom. The Morgan fingerprint density at radius 2 is 2.25 bits per heavy atom. The predicted octanol–water partition coefficient (Wildman–Crippen LogP) is 1.96. The van der Waals surface area contributed by atoms with Crippen molar-refractivity contribution >= 4 is 23.5 Å². The molecule has 0 spiro atoms.